The molecule has 0 spiro atoms. The molecule has 4 nitrogen and oxygen atoms in total. The van der Waals surface area contributed by atoms with Crippen LogP contribution in [0.3, 0.4) is 0 Å². The van der Waals surface area contributed by atoms with Gasteiger partial charge in [-0.2, -0.15) is 0 Å². The normalized spacial score (nSPS) is 10.4. The van der Waals surface area contributed by atoms with Gasteiger partial charge in [0.2, 0.25) is 5.91 Å². The van der Waals surface area contributed by atoms with Crippen molar-refractivity contribution in [1.29, 1.82) is 0 Å². The van der Waals surface area contributed by atoms with Crippen molar-refractivity contribution < 1.29 is 9.53 Å². The molecule has 0 saturated heterocycles. The number of hydrogen-bond acceptors (Lipinski definition) is 3. The number of rotatable bonds is 9. The van der Waals surface area contributed by atoms with Crippen LogP contribution in [-0.4, -0.2) is 26.1 Å². The van der Waals surface area contributed by atoms with Gasteiger partial charge in [-0.05, 0) is 48.4 Å². The Bertz CT molecular complexity index is 644. The van der Waals surface area contributed by atoms with E-state index >= 15 is 0 Å². The SMILES string of the molecule is COc1cccc(CCNCCC(=O)NCc2ccc(Cl)cc2)c1. The highest BCUT2D eigenvalue weighted by atomic mass is 35.5. The molecule has 0 atom stereocenters. The third kappa shape index (κ3) is 6.60. The van der Waals surface area contributed by atoms with Crippen LogP contribution in [0.5, 0.6) is 5.75 Å². The molecular formula is C19H23ClN2O2. The first-order valence-corrected chi connectivity index (χ1v) is 8.40. The Labute approximate surface area is 148 Å². The maximum Gasteiger partial charge on any atom is 0.221 e. The summed E-state index contributed by atoms with van der Waals surface area (Å²) in [5, 5.41) is 6.89. The second-order valence-corrected chi connectivity index (χ2v) is 5.94. The van der Waals surface area contributed by atoms with E-state index in [1.165, 1.54) is 5.56 Å². The predicted molar refractivity (Wildman–Crippen MR) is 97.5 cm³/mol. The van der Waals surface area contributed by atoms with Gasteiger partial charge in [-0.1, -0.05) is 35.9 Å². The topological polar surface area (TPSA) is 50.4 Å². The average Bonchev–Trinajstić information content (AvgIpc) is 2.61. The molecule has 5 heteroatoms. The molecule has 0 radical (unpaired) electrons. The molecule has 0 aliphatic rings. The molecule has 0 aliphatic carbocycles. The van der Waals surface area contributed by atoms with Crippen LogP contribution in [0.25, 0.3) is 0 Å². The highest BCUT2D eigenvalue weighted by Crippen LogP contribution is 2.12. The summed E-state index contributed by atoms with van der Waals surface area (Å²) in [6.45, 7) is 2.02. The van der Waals surface area contributed by atoms with Crippen LogP contribution in [0.1, 0.15) is 17.5 Å². The number of hydrogen-bond donors (Lipinski definition) is 2. The Morgan fingerprint density at radius 3 is 2.62 bits per heavy atom. The monoisotopic (exact) mass is 346 g/mol. The van der Waals surface area contributed by atoms with Crippen LogP contribution in [-0.2, 0) is 17.8 Å². The van der Waals surface area contributed by atoms with Crippen LogP contribution >= 0.6 is 11.6 Å². The van der Waals surface area contributed by atoms with Crippen molar-refractivity contribution in [1.82, 2.24) is 10.6 Å². The van der Waals surface area contributed by atoms with Gasteiger partial charge >= 0.3 is 0 Å². The van der Waals surface area contributed by atoms with E-state index in [0.29, 0.717) is 24.5 Å². The lowest BCUT2D eigenvalue weighted by Gasteiger charge is -2.08. The Morgan fingerprint density at radius 1 is 1.08 bits per heavy atom. The Morgan fingerprint density at radius 2 is 1.88 bits per heavy atom. The Hall–Kier alpha value is -2.04. The molecule has 2 rings (SSSR count). The lowest BCUT2D eigenvalue weighted by molar-refractivity contribution is -0.121. The molecule has 1 amide bonds. The Kier molecular flexibility index (Phi) is 7.59. The summed E-state index contributed by atoms with van der Waals surface area (Å²) in [6.07, 6.45) is 1.37. The van der Waals surface area contributed by atoms with Crippen LogP contribution in [0.2, 0.25) is 5.02 Å². The van der Waals surface area contributed by atoms with Gasteiger partial charge in [0.05, 0.1) is 7.11 Å². The third-order valence-electron chi connectivity index (χ3n) is 3.66. The molecule has 0 bridgehead atoms. The number of benzene rings is 2. The summed E-state index contributed by atoms with van der Waals surface area (Å²) < 4.78 is 5.20. The minimum atomic E-state index is 0.0406. The summed E-state index contributed by atoms with van der Waals surface area (Å²) in [6, 6.07) is 15.5. The molecule has 0 fully saturated rings. The van der Waals surface area contributed by atoms with Crippen LogP contribution in [0, 0.1) is 0 Å². The number of ether oxygens (including phenoxy) is 1. The second-order valence-electron chi connectivity index (χ2n) is 5.50. The fraction of sp³-hybridized carbons (Fsp3) is 0.316. The molecule has 0 aliphatic heterocycles. The smallest absolute Gasteiger partial charge is 0.221 e. The molecule has 0 heterocycles. The van der Waals surface area contributed by atoms with Crippen molar-refractivity contribution in [3.05, 3.63) is 64.7 Å². The number of halogens is 1. The summed E-state index contributed by atoms with van der Waals surface area (Å²) in [5.41, 5.74) is 2.26. The largest absolute Gasteiger partial charge is 0.497 e. The van der Waals surface area contributed by atoms with E-state index in [1.54, 1.807) is 7.11 Å². The van der Waals surface area contributed by atoms with Crippen LogP contribution in [0.4, 0.5) is 0 Å². The summed E-state index contributed by atoms with van der Waals surface area (Å²) >= 11 is 5.83. The highest BCUT2D eigenvalue weighted by molar-refractivity contribution is 6.30. The van der Waals surface area contributed by atoms with Crippen LogP contribution < -0.4 is 15.4 Å². The van der Waals surface area contributed by atoms with E-state index in [1.807, 2.05) is 42.5 Å². The number of carbonyl (C=O) groups is 1. The van der Waals surface area contributed by atoms with Crippen molar-refractivity contribution >= 4 is 17.5 Å². The lowest BCUT2D eigenvalue weighted by Crippen LogP contribution is -2.28. The van der Waals surface area contributed by atoms with Gasteiger partial charge in [0.15, 0.2) is 0 Å². The molecule has 2 aromatic rings. The van der Waals surface area contributed by atoms with E-state index in [2.05, 4.69) is 16.7 Å². The molecule has 128 valence electrons. The molecule has 2 N–H and O–H groups in total. The molecule has 0 unspecified atom stereocenters. The zero-order valence-corrected chi connectivity index (χ0v) is 14.6. The number of methoxy groups -OCH3 is 1. The van der Waals surface area contributed by atoms with Gasteiger partial charge < -0.3 is 15.4 Å². The van der Waals surface area contributed by atoms with Crippen LogP contribution in [0.15, 0.2) is 48.5 Å². The molecule has 24 heavy (non-hydrogen) atoms. The van der Waals surface area contributed by atoms with Crippen molar-refractivity contribution in [2.45, 2.75) is 19.4 Å². The first-order valence-electron chi connectivity index (χ1n) is 8.02. The fourth-order valence-corrected chi connectivity index (χ4v) is 2.40. The quantitative estimate of drug-likeness (QED) is 0.686. The summed E-state index contributed by atoms with van der Waals surface area (Å²) in [4.78, 5) is 11.8. The molecular weight excluding hydrogens is 324 g/mol. The van der Waals surface area contributed by atoms with Crippen molar-refractivity contribution in [2.75, 3.05) is 20.2 Å². The van der Waals surface area contributed by atoms with Crippen molar-refractivity contribution in [3.8, 4) is 5.75 Å². The summed E-state index contributed by atoms with van der Waals surface area (Å²) in [7, 11) is 1.67. The van der Waals surface area contributed by atoms with E-state index in [-0.39, 0.29) is 5.91 Å². The van der Waals surface area contributed by atoms with Crippen molar-refractivity contribution in [3.63, 3.8) is 0 Å². The summed E-state index contributed by atoms with van der Waals surface area (Å²) in [5.74, 6) is 0.910. The highest BCUT2D eigenvalue weighted by Gasteiger charge is 2.01. The fourth-order valence-electron chi connectivity index (χ4n) is 2.28. The van der Waals surface area contributed by atoms with Gasteiger partial charge in [0, 0.05) is 24.5 Å². The number of nitrogens with one attached hydrogen (secondary N) is 2. The molecule has 2 aromatic carbocycles. The van der Waals surface area contributed by atoms with E-state index in [0.717, 1.165) is 24.3 Å². The lowest BCUT2D eigenvalue weighted by atomic mass is 10.1. The number of carbonyl (C=O) groups excluding carboxylic acids is 1. The molecule has 0 aromatic heterocycles. The average molecular weight is 347 g/mol. The zero-order valence-electron chi connectivity index (χ0n) is 13.8. The minimum absolute atomic E-state index is 0.0406. The minimum Gasteiger partial charge on any atom is -0.497 e. The first-order chi connectivity index (χ1) is 11.7. The molecule has 0 saturated carbocycles. The van der Waals surface area contributed by atoms with E-state index in [9.17, 15) is 4.79 Å². The Balaban J connectivity index is 1.58. The van der Waals surface area contributed by atoms with Crippen molar-refractivity contribution in [2.24, 2.45) is 0 Å². The van der Waals surface area contributed by atoms with E-state index in [4.69, 9.17) is 16.3 Å². The standard InChI is InChI=1S/C19H23ClN2O2/c1-24-18-4-2-3-15(13-18)9-11-21-12-10-19(23)22-14-16-5-7-17(20)8-6-16/h2-8,13,21H,9-12,14H2,1H3,(H,22,23). The zero-order chi connectivity index (χ0) is 17.2. The van der Waals surface area contributed by atoms with Gasteiger partial charge in [-0.15, -0.1) is 0 Å². The third-order valence-corrected chi connectivity index (χ3v) is 3.91. The maximum absolute atomic E-state index is 11.8. The van der Waals surface area contributed by atoms with E-state index < -0.39 is 0 Å². The van der Waals surface area contributed by atoms with Gasteiger partial charge in [-0.3, -0.25) is 4.79 Å². The maximum atomic E-state index is 11.8. The van der Waals surface area contributed by atoms with Gasteiger partial charge in [-0.25, -0.2) is 0 Å². The van der Waals surface area contributed by atoms with Gasteiger partial charge in [0.25, 0.3) is 0 Å². The number of amides is 1. The van der Waals surface area contributed by atoms with Gasteiger partial charge in [0.1, 0.15) is 5.75 Å². The predicted octanol–water partition coefficient (Wildman–Crippen LogP) is 3.19. The first kappa shape index (κ1) is 18.3. The second kappa shape index (κ2) is 9.96.